The van der Waals surface area contributed by atoms with Gasteiger partial charge in [-0.3, -0.25) is 10.1 Å². The molecule has 1 atom stereocenters. The molecule has 0 aliphatic carbocycles. The third-order valence-electron chi connectivity index (χ3n) is 4.85. The molecular formula is C20H22N6O. The van der Waals surface area contributed by atoms with Crippen LogP contribution in [0.3, 0.4) is 0 Å². The number of nitrogens with two attached hydrogens (primary N) is 1. The van der Waals surface area contributed by atoms with Gasteiger partial charge in [0.25, 0.3) is 0 Å². The average Bonchev–Trinajstić information content (AvgIpc) is 3.32. The van der Waals surface area contributed by atoms with Gasteiger partial charge in [-0.1, -0.05) is 6.07 Å². The van der Waals surface area contributed by atoms with Crippen molar-refractivity contribution in [3.05, 3.63) is 48.3 Å². The van der Waals surface area contributed by atoms with Crippen molar-refractivity contribution in [3.63, 3.8) is 0 Å². The molecule has 27 heavy (non-hydrogen) atoms. The Morgan fingerprint density at radius 2 is 2.26 bits per heavy atom. The molecular weight excluding hydrogens is 340 g/mol. The Balaban J connectivity index is 1.76. The first-order valence-electron chi connectivity index (χ1n) is 8.91. The van der Waals surface area contributed by atoms with E-state index >= 15 is 0 Å². The van der Waals surface area contributed by atoms with Crippen LogP contribution in [0.1, 0.15) is 12.0 Å². The number of rotatable bonds is 4. The predicted octanol–water partition coefficient (Wildman–Crippen LogP) is 2.20. The topological polar surface area (TPSA) is 103 Å². The Morgan fingerprint density at radius 3 is 3.00 bits per heavy atom. The number of hydrogen-bond acceptors (Lipinski definition) is 6. The summed E-state index contributed by atoms with van der Waals surface area (Å²) in [6, 6.07) is 10.0. The molecule has 2 aromatic heterocycles. The van der Waals surface area contributed by atoms with Crippen LogP contribution in [0.15, 0.2) is 47.7 Å². The van der Waals surface area contributed by atoms with Crippen molar-refractivity contribution < 1.29 is 5.11 Å². The van der Waals surface area contributed by atoms with E-state index in [1.165, 1.54) is 0 Å². The van der Waals surface area contributed by atoms with E-state index in [1.54, 1.807) is 25.7 Å². The molecule has 0 saturated carbocycles. The Hall–Kier alpha value is -3.19. The van der Waals surface area contributed by atoms with Gasteiger partial charge in [0.2, 0.25) is 0 Å². The first-order chi connectivity index (χ1) is 13.2. The molecule has 4 rings (SSSR count). The summed E-state index contributed by atoms with van der Waals surface area (Å²) >= 11 is 0. The van der Waals surface area contributed by atoms with Crippen LogP contribution in [-0.4, -0.2) is 52.7 Å². The van der Waals surface area contributed by atoms with Gasteiger partial charge in [-0.2, -0.15) is 5.10 Å². The van der Waals surface area contributed by atoms with Crippen LogP contribution in [0.4, 0.5) is 5.82 Å². The smallest absolute Gasteiger partial charge is 0.129 e. The molecule has 4 N–H and O–H groups in total. The first kappa shape index (κ1) is 17.2. The summed E-state index contributed by atoms with van der Waals surface area (Å²) in [5, 5.41) is 18.4. The molecule has 3 aromatic rings. The van der Waals surface area contributed by atoms with Gasteiger partial charge < -0.3 is 15.7 Å². The minimum Gasteiger partial charge on any atom is -0.404 e. The van der Waals surface area contributed by atoms with Gasteiger partial charge in [0.15, 0.2) is 0 Å². The number of aromatic amines is 1. The van der Waals surface area contributed by atoms with E-state index in [9.17, 15) is 5.11 Å². The first-order valence-corrected chi connectivity index (χ1v) is 8.91. The van der Waals surface area contributed by atoms with Crippen LogP contribution in [0, 0.1) is 0 Å². The lowest BCUT2D eigenvalue weighted by Crippen LogP contribution is -2.22. The fourth-order valence-electron chi connectivity index (χ4n) is 3.46. The summed E-state index contributed by atoms with van der Waals surface area (Å²) < 4.78 is 0. The highest BCUT2D eigenvalue weighted by Gasteiger charge is 2.22. The average molecular weight is 362 g/mol. The minimum atomic E-state index is -0.286. The van der Waals surface area contributed by atoms with E-state index in [0.717, 1.165) is 52.1 Å². The number of pyridine rings is 1. The number of aliphatic imine (C=N–C) groups is 1. The highest BCUT2D eigenvalue weighted by atomic mass is 16.3. The zero-order valence-corrected chi connectivity index (χ0v) is 15.1. The molecule has 0 radical (unpaired) electrons. The largest absolute Gasteiger partial charge is 0.404 e. The highest BCUT2D eigenvalue weighted by molar-refractivity contribution is 6.11. The number of anilines is 1. The highest BCUT2D eigenvalue weighted by Crippen LogP contribution is 2.30. The number of aliphatic hydroxyl groups excluding tert-OH is 1. The number of aromatic nitrogens is 3. The van der Waals surface area contributed by atoms with Crippen molar-refractivity contribution in [3.8, 4) is 11.3 Å². The molecule has 1 fully saturated rings. The molecule has 7 heteroatoms. The van der Waals surface area contributed by atoms with Crippen molar-refractivity contribution in [2.24, 2.45) is 10.7 Å². The van der Waals surface area contributed by atoms with Gasteiger partial charge in [-0.15, -0.1) is 0 Å². The third kappa shape index (κ3) is 3.29. The Labute approximate surface area is 157 Å². The zero-order valence-electron chi connectivity index (χ0n) is 15.1. The van der Waals surface area contributed by atoms with E-state index in [4.69, 9.17) is 5.73 Å². The molecule has 0 bridgehead atoms. The molecule has 138 valence electrons. The lowest BCUT2D eigenvalue weighted by Gasteiger charge is -2.16. The number of aliphatic hydroxyl groups is 1. The van der Waals surface area contributed by atoms with Crippen molar-refractivity contribution in [2.45, 2.75) is 12.5 Å². The number of fused-ring (bicyclic) bond motifs is 1. The molecule has 3 heterocycles. The maximum Gasteiger partial charge on any atom is 0.129 e. The Kier molecular flexibility index (Phi) is 4.60. The molecule has 1 aliphatic rings. The van der Waals surface area contributed by atoms with E-state index < -0.39 is 0 Å². The monoisotopic (exact) mass is 362 g/mol. The molecule has 1 aliphatic heterocycles. The Morgan fingerprint density at radius 1 is 1.37 bits per heavy atom. The number of nitrogens with zero attached hydrogens (tertiary/aromatic N) is 4. The zero-order chi connectivity index (χ0) is 18.8. The summed E-state index contributed by atoms with van der Waals surface area (Å²) in [6.45, 7) is 1.42. The van der Waals surface area contributed by atoms with E-state index in [1.807, 2.05) is 24.3 Å². The van der Waals surface area contributed by atoms with E-state index in [2.05, 4.69) is 31.1 Å². The number of allylic oxidation sites excluding steroid dienone is 1. The SMILES string of the molecule is CN=CC(=CN)c1ccc2[nH]nc(-c3ccnc(N4CC[C@@H](O)C4)c3)c2c1. The maximum atomic E-state index is 9.79. The van der Waals surface area contributed by atoms with Gasteiger partial charge in [0, 0.05) is 55.3 Å². The summed E-state index contributed by atoms with van der Waals surface area (Å²) in [6.07, 6.45) is 5.56. The van der Waals surface area contributed by atoms with Gasteiger partial charge in [-0.05, 0) is 36.2 Å². The van der Waals surface area contributed by atoms with Gasteiger partial charge >= 0.3 is 0 Å². The second kappa shape index (κ2) is 7.20. The van der Waals surface area contributed by atoms with Crippen LogP contribution >= 0.6 is 0 Å². The number of β-amino-alcohol motifs (C(OH)–C–C–N with tert-alkyl or cyclic N) is 1. The van der Waals surface area contributed by atoms with Crippen molar-refractivity contribution in [1.29, 1.82) is 0 Å². The van der Waals surface area contributed by atoms with Crippen molar-refractivity contribution >= 4 is 28.5 Å². The minimum absolute atomic E-state index is 0.286. The standard InChI is InChI=1S/C20H22N6O/c1-22-11-15(10-21)13-2-3-18-17(8-13)20(25-24-18)14-4-6-23-19(9-14)26-7-5-16(27)12-26/h2-4,6,8-11,16,27H,5,7,12,21H2,1H3,(H,24,25)/t16-/m1/s1. The second-order valence-corrected chi connectivity index (χ2v) is 6.63. The lowest BCUT2D eigenvalue weighted by atomic mass is 10.0. The van der Waals surface area contributed by atoms with Crippen LogP contribution in [0.25, 0.3) is 27.7 Å². The van der Waals surface area contributed by atoms with E-state index in [0.29, 0.717) is 6.54 Å². The van der Waals surface area contributed by atoms with Gasteiger partial charge in [-0.25, -0.2) is 4.98 Å². The van der Waals surface area contributed by atoms with Crippen molar-refractivity contribution in [2.75, 3.05) is 25.0 Å². The summed E-state index contributed by atoms with van der Waals surface area (Å²) in [7, 11) is 1.72. The van der Waals surface area contributed by atoms with Gasteiger partial charge in [0.1, 0.15) is 11.5 Å². The number of nitrogens with one attached hydrogen (secondary N) is 1. The fraction of sp³-hybridized carbons (Fsp3) is 0.250. The molecule has 0 unspecified atom stereocenters. The van der Waals surface area contributed by atoms with E-state index in [-0.39, 0.29) is 6.10 Å². The molecule has 7 nitrogen and oxygen atoms in total. The van der Waals surface area contributed by atoms with Crippen LogP contribution in [0.2, 0.25) is 0 Å². The summed E-state index contributed by atoms with van der Waals surface area (Å²) in [5.74, 6) is 0.858. The van der Waals surface area contributed by atoms with Gasteiger partial charge in [0.05, 0.1) is 11.6 Å². The number of benzene rings is 1. The third-order valence-corrected chi connectivity index (χ3v) is 4.85. The normalized spacial score (nSPS) is 18.1. The van der Waals surface area contributed by atoms with Crippen molar-refractivity contribution in [1.82, 2.24) is 15.2 Å². The second-order valence-electron chi connectivity index (χ2n) is 6.63. The molecule has 1 saturated heterocycles. The molecule has 0 spiro atoms. The summed E-state index contributed by atoms with van der Waals surface area (Å²) in [4.78, 5) is 10.6. The van der Waals surface area contributed by atoms with Crippen LogP contribution < -0.4 is 10.6 Å². The maximum absolute atomic E-state index is 9.79. The molecule has 1 aromatic carbocycles. The molecule has 0 amide bonds. The van der Waals surface area contributed by atoms with Crippen LogP contribution in [-0.2, 0) is 0 Å². The lowest BCUT2D eigenvalue weighted by molar-refractivity contribution is 0.198. The summed E-state index contributed by atoms with van der Waals surface area (Å²) in [5.41, 5.74) is 10.4. The Bertz CT molecular complexity index is 1020. The predicted molar refractivity (Wildman–Crippen MR) is 109 cm³/mol. The van der Waals surface area contributed by atoms with Crippen LogP contribution in [0.5, 0.6) is 0 Å². The fourth-order valence-corrected chi connectivity index (χ4v) is 3.46. The number of H-pyrrole nitrogens is 1. The quantitative estimate of drug-likeness (QED) is 0.617. The number of hydrogen-bond donors (Lipinski definition) is 3.